The Bertz CT molecular complexity index is 961. The number of anilines is 1. The molecule has 1 heterocycles. The quantitative estimate of drug-likeness (QED) is 0.250. The Morgan fingerprint density at radius 3 is 2.31 bits per heavy atom. The van der Waals surface area contributed by atoms with Crippen molar-refractivity contribution in [3.05, 3.63) is 41.8 Å². The fourth-order valence-electron chi connectivity index (χ4n) is 3.59. The van der Waals surface area contributed by atoms with Crippen molar-refractivity contribution >= 4 is 27.2 Å². The molecular formula is C23H33IN4S. The van der Waals surface area contributed by atoms with E-state index in [1.54, 1.807) is 0 Å². The van der Waals surface area contributed by atoms with Crippen LogP contribution in [0, 0.1) is 0 Å². The summed E-state index contributed by atoms with van der Waals surface area (Å²) >= 11 is 1.84. The predicted molar refractivity (Wildman–Crippen MR) is 124 cm³/mol. The minimum atomic E-state index is 0. The summed E-state index contributed by atoms with van der Waals surface area (Å²) in [7, 11) is 2.18. The Labute approximate surface area is 196 Å². The lowest BCUT2D eigenvalue weighted by atomic mass is 10.2. The van der Waals surface area contributed by atoms with E-state index >= 15 is 0 Å². The van der Waals surface area contributed by atoms with Gasteiger partial charge in [0.25, 0.3) is 0 Å². The molecule has 0 spiro atoms. The van der Waals surface area contributed by atoms with Gasteiger partial charge in [-0.15, -0.1) is 11.3 Å². The molecule has 0 unspecified atom stereocenters. The molecule has 6 heteroatoms. The lowest BCUT2D eigenvalue weighted by molar-refractivity contribution is -0.00000590. The summed E-state index contributed by atoms with van der Waals surface area (Å²) in [5, 5.41) is 1.26. The van der Waals surface area contributed by atoms with E-state index in [1.807, 2.05) is 11.3 Å². The normalized spacial score (nSPS) is 12.3. The molecule has 0 aromatic heterocycles. The van der Waals surface area contributed by atoms with Crippen LogP contribution in [0.15, 0.2) is 36.4 Å². The maximum absolute atomic E-state index is 4.90. The minimum absolute atomic E-state index is 0. The Hall–Kier alpha value is -1.25. The van der Waals surface area contributed by atoms with Crippen molar-refractivity contribution in [1.29, 1.82) is 0 Å². The van der Waals surface area contributed by atoms with Crippen LogP contribution in [0.25, 0.3) is 20.8 Å². The van der Waals surface area contributed by atoms with Gasteiger partial charge in [0.05, 0.1) is 27.3 Å². The molecule has 4 nitrogen and oxygen atoms in total. The molecule has 0 atom stereocenters. The van der Waals surface area contributed by atoms with Crippen molar-refractivity contribution in [2.45, 2.75) is 27.7 Å². The molecule has 1 aliphatic heterocycles. The topological polar surface area (TPSA) is 22.4 Å². The summed E-state index contributed by atoms with van der Waals surface area (Å²) in [4.78, 5) is 11.0. The standard InChI is InChI=1S/C23H33N4S.HI/c1-6-26(7-2)15-14-25(5)18-10-12-20-22(16-18)28-23-17-19(27(8-3)9-4)11-13-21(23)24-20;/h10-13,16-17H,6-9,14-15H2,1-5H3;1H/q+1;/p-1. The van der Waals surface area contributed by atoms with Crippen LogP contribution in [-0.2, 0) is 0 Å². The first-order chi connectivity index (χ1) is 13.6. The third-order valence-electron chi connectivity index (χ3n) is 5.56. The molecule has 0 bridgehead atoms. The molecule has 2 aliphatic rings. The summed E-state index contributed by atoms with van der Waals surface area (Å²) in [5.74, 6) is 0. The number of hydrogen-bond acceptors (Lipinski definition) is 4. The van der Waals surface area contributed by atoms with Gasteiger partial charge in [-0.25, -0.2) is 9.56 Å². The van der Waals surface area contributed by atoms with Gasteiger partial charge in [-0.2, -0.15) is 0 Å². The first kappa shape index (κ1) is 24.0. The monoisotopic (exact) mass is 524 g/mol. The second-order valence-electron chi connectivity index (χ2n) is 7.14. The molecule has 0 saturated carbocycles. The first-order valence-corrected chi connectivity index (χ1v) is 11.3. The smallest absolute Gasteiger partial charge is 0.201 e. The highest BCUT2D eigenvalue weighted by Gasteiger charge is 2.12. The average Bonchev–Trinajstić information content (AvgIpc) is 2.73. The van der Waals surface area contributed by atoms with E-state index < -0.39 is 0 Å². The van der Waals surface area contributed by atoms with E-state index in [-0.39, 0.29) is 24.0 Å². The van der Waals surface area contributed by atoms with Gasteiger partial charge in [0.15, 0.2) is 6.54 Å². The van der Waals surface area contributed by atoms with Crippen molar-refractivity contribution in [3.8, 4) is 10.6 Å². The Morgan fingerprint density at radius 2 is 1.66 bits per heavy atom. The second kappa shape index (κ2) is 11.2. The van der Waals surface area contributed by atoms with E-state index in [9.17, 15) is 0 Å². The summed E-state index contributed by atoms with van der Waals surface area (Å²) in [6, 6.07) is 13.3. The van der Waals surface area contributed by atoms with E-state index in [4.69, 9.17) is 4.98 Å². The molecule has 3 rings (SSSR count). The number of nitrogens with zero attached hydrogens (tertiary/aromatic N) is 4. The average molecular weight is 525 g/mol. The van der Waals surface area contributed by atoms with Gasteiger partial charge in [0, 0.05) is 30.9 Å². The number of fused-ring (bicyclic) bond motifs is 2. The maximum Gasteiger partial charge on any atom is 0.201 e. The number of rotatable bonds is 8. The first-order valence-electron chi connectivity index (χ1n) is 10.5. The summed E-state index contributed by atoms with van der Waals surface area (Å²) in [6.45, 7) is 15.2. The molecule has 1 aromatic carbocycles. The third kappa shape index (κ3) is 5.67. The summed E-state index contributed by atoms with van der Waals surface area (Å²) in [5.41, 5.74) is 3.44. The van der Waals surface area contributed by atoms with E-state index in [2.05, 4.69) is 85.5 Å². The molecule has 0 radical (unpaired) electrons. The van der Waals surface area contributed by atoms with Crippen molar-refractivity contribution in [3.63, 3.8) is 0 Å². The molecule has 1 aromatic rings. The molecule has 0 saturated heterocycles. The number of hydrogen-bond donors (Lipinski definition) is 0. The molecule has 29 heavy (non-hydrogen) atoms. The highest BCUT2D eigenvalue weighted by Crippen LogP contribution is 2.31. The van der Waals surface area contributed by atoms with Crippen LogP contribution >= 0.6 is 11.3 Å². The molecule has 0 fully saturated rings. The van der Waals surface area contributed by atoms with Crippen LogP contribution in [-0.4, -0.2) is 56.2 Å². The SMILES string of the molecule is CCN(CC)CC[N+](C)=c1ccc2nc3ccc(N(CC)CC)cc3sc-2c1.[I-]. The van der Waals surface area contributed by atoms with Crippen LogP contribution < -0.4 is 38.8 Å². The van der Waals surface area contributed by atoms with E-state index in [1.165, 1.54) is 20.6 Å². The van der Waals surface area contributed by atoms with Crippen LogP contribution in [0.4, 0.5) is 5.69 Å². The van der Waals surface area contributed by atoms with Crippen LogP contribution in [0.3, 0.4) is 0 Å². The van der Waals surface area contributed by atoms with Gasteiger partial charge < -0.3 is 28.9 Å². The van der Waals surface area contributed by atoms with Crippen LogP contribution in [0.5, 0.6) is 0 Å². The highest BCUT2D eigenvalue weighted by atomic mass is 127. The van der Waals surface area contributed by atoms with Crippen LogP contribution in [0.1, 0.15) is 27.7 Å². The van der Waals surface area contributed by atoms with Crippen molar-refractivity contribution in [2.24, 2.45) is 0 Å². The molecular weight excluding hydrogens is 491 g/mol. The maximum atomic E-state index is 4.90. The lowest BCUT2D eigenvalue weighted by Gasteiger charge is -2.21. The van der Waals surface area contributed by atoms with Gasteiger partial charge in [0.2, 0.25) is 5.36 Å². The van der Waals surface area contributed by atoms with E-state index in [0.717, 1.165) is 50.5 Å². The number of benzene rings is 2. The fourth-order valence-corrected chi connectivity index (χ4v) is 4.62. The fraction of sp³-hybridized carbons (Fsp3) is 0.478. The predicted octanol–water partition coefficient (Wildman–Crippen LogP) is 0.995. The zero-order valence-electron chi connectivity index (χ0n) is 18.3. The Morgan fingerprint density at radius 1 is 0.931 bits per heavy atom. The Kier molecular flexibility index (Phi) is 9.30. The Balaban J connectivity index is 0.00000300. The largest absolute Gasteiger partial charge is 1.00 e. The summed E-state index contributed by atoms with van der Waals surface area (Å²) < 4.78 is 3.60. The minimum Gasteiger partial charge on any atom is -1.00 e. The molecule has 0 N–H and O–H groups in total. The van der Waals surface area contributed by atoms with Gasteiger partial charge in [-0.1, -0.05) is 13.8 Å². The van der Waals surface area contributed by atoms with E-state index in [0.29, 0.717) is 0 Å². The molecule has 1 aliphatic carbocycles. The lowest BCUT2D eigenvalue weighted by Crippen LogP contribution is -3.00. The van der Waals surface area contributed by atoms with Gasteiger partial charge >= 0.3 is 0 Å². The van der Waals surface area contributed by atoms with Crippen molar-refractivity contribution in [1.82, 2.24) is 14.5 Å². The second-order valence-corrected chi connectivity index (χ2v) is 8.22. The molecule has 0 amide bonds. The van der Waals surface area contributed by atoms with Crippen molar-refractivity contribution in [2.75, 3.05) is 51.2 Å². The van der Waals surface area contributed by atoms with Crippen LogP contribution in [0.2, 0.25) is 0 Å². The highest BCUT2D eigenvalue weighted by molar-refractivity contribution is 7.21. The third-order valence-corrected chi connectivity index (χ3v) is 6.66. The zero-order chi connectivity index (χ0) is 20.1. The molecule has 158 valence electrons. The van der Waals surface area contributed by atoms with Gasteiger partial charge in [0.1, 0.15) is 7.05 Å². The van der Waals surface area contributed by atoms with Crippen molar-refractivity contribution < 1.29 is 24.0 Å². The number of likely N-dealkylation sites (N-methyl/N-ethyl adjacent to an activating group) is 2. The number of aromatic nitrogens is 1. The number of halogens is 1. The van der Waals surface area contributed by atoms with Gasteiger partial charge in [-0.3, -0.25) is 4.90 Å². The van der Waals surface area contributed by atoms with Gasteiger partial charge in [-0.05, 0) is 51.2 Å². The summed E-state index contributed by atoms with van der Waals surface area (Å²) in [6.07, 6.45) is 0. The zero-order valence-corrected chi connectivity index (χ0v) is 21.3.